The SMILES string of the molecule is C=C(C)C(=O)OCC[O][Po][O]CC. The second-order valence-electron chi connectivity index (χ2n) is 2.21. The summed E-state index contributed by atoms with van der Waals surface area (Å²) in [6, 6.07) is 0. The summed E-state index contributed by atoms with van der Waals surface area (Å²) in [5.41, 5.74) is 0.407. The number of hydrogen-bond acceptors (Lipinski definition) is 4. The maximum absolute atomic E-state index is 10.8. The van der Waals surface area contributed by atoms with Crippen molar-refractivity contribution in [2.24, 2.45) is 0 Å². The molecule has 0 radical (unpaired) electrons. The van der Waals surface area contributed by atoms with Gasteiger partial charge in [0.2, 0.25) is 0 Å². The first kappa shape index (κ1) is 13.0. The molecule has 0 bridgehead atoms. The summed E-state index contributed by atoms with van der Waals surface area (Å²) in [4.78, 5) is 10.8. The van der Waals surface area contributed by atoms with Crippen molar-refractivity contribution in [3.8, 4) is 0 Å². The molecule has 0 saturated carbocycles. The van der Waals surface area contributed by atoms with Gasteiger partial charge >= 0.3 is 91.3 Å². The molecule has 13 heavy (non-hydrogen) atoms. The van der Waals surface area contributed by atoms with E-state index in [0.717, 1.165) is 0 Å². The Balaban J connectivity index is 3.16. The molecule has 0 atom stereocenters. The second-order valence-corrected chi connectivity index (χ2v) is 4.57. The Hall–Kier alpha value is 0.0261. The molecule has 0 aliphatic carbocycles. The van der Waals surface area contributed by atoms with Gasteiger partial charge in [-0.05, 0) is 0 Å². The van der Waals surface area contributed by atoms with Crippen LogP contribution in [-0.2, 0) is 15.1 Å². The first-order valence-electron chi connectivity index (χ1n) is 3.92. The Labute approximate surface area is 91.3 Å². The van der Waals surface area contributed by atoms with Gasteiger partial charge in [-0.3, -0.25) is 0 Å². The molecule has 0 saturated heterocycles. The number of hydrogen-bond donors (Lipinski definition) is 0. The Kier molecular flexibility index (Phi) is 8.63. The summed E-state index contributed by atoms with van der Waals surface area (Å²) in [6.45, 7) is 8.37. The van der Waals surface area contributed by atoms with Crippen molar-refractivity contribution in [1.82, 2.24) is 0 Å². The molecule has 0 aromatic carbocycles. The normalized spacial score (nSPS) is 9.69. The first-order valence-corrected chi connectivity index (χ1v) is 6.51. The van der Waals surface area contributed by atoms with Crippen LogP contribution in [0.2, 0.25) is 0 Å². The molecule has 0 heterocycles. The molecule has 4 nitrogen and oxygen atoms in total. The van der Waals surface area contributed by atoms with E-state index in [1.807, 2.05) is 6.92 Å². The number of carbonyl (C=O) groups excluding carboxylic acids is 1. The van der Waals surface area contributed by atoms with Crippen molar-refractivity contribution < 1.29 is 15.1 Å². The summed E-state index contributed by atoms with van der Waals surface area (Å²) >= 11 is -1.09. The maximum atomic E-state index is 10.8. The van der Waals surface area contributed by atoms with E-state index in [-0.39, 0.29) is 12.6 Å². The van der Waals surface area contributed by atoms with Gasteiger partial charge in [-0.1, -0.05) is 0 Å². The van der Waals surface area contributed by atoms with Crippen LogP contribution in [0.5, 0.6) is 0 Å². The minimum absolute atomic E-state index is 0.277. The Morgan fingerprint density at radius 1 is 1.38 bits per heavy atom. The van der Waals surface area contributed by atoms with Gasteiger partial charge in [-0.15, -0.1) is 0 Å². The van der Waals surface area contributed by atoms with Gasteiger partial charge in [0.05, 0.1) is 0 Å². The molecule has 0 amide bonds. The zero-order chi connectivity index (χ0) is 10.1. The number of esters is 1. The average Bonchev–Trinajstić information content (AvgIpc) is 2.10. The van der Waals surface area contributed by atoms with Gasteiger partial charge < -0.3 is 0 Å². The monoisotopic (exact) mass is 383 g/mol. The van der Waals surface area contributed by atoms with Crippen molar-refractivity contribution in [1.29, 1.82) is 0 Å². The van der Waals surface area contributed by atoms with Crippen LogP contribution in [0.25, 0.3) is 0 Å². The van der Waals surface area contributed by atoms with Crippen LogP contribution in [-0.4, -0.2) is 50.2 Å². The molecule has 5 heteroatoms. The Morgan fingerprint density at radius 2 is 2.08 bits per heavy atom. The molecule has 0 unspecified atom stereocenters. The van der Waals surface area contributed by atoms with E-state index < -0.39 is 24.5 Å². The summed E-state index contributed by atoms with van der Waals surface area (Å²) in [5, 5.41) is 0. The van der Waals surface area contributed by atoms with Gasteiger partial charge in [0.1, 0.15) is 0 Å². The van der Waals surface area contributed by atoms with E-state index in [9.17, 15) is 4.79 Å². The molecule has 76 valence electrons. The van der Waals surface area contributed by atoms with Crippen LogP contribution >= 0.6 is 0 Å². The van der Waals surface area contributed by atoms with Gasteiger partial charge in [-0.25, -0.2) is 0 Å². The van der Waals surface area contributed by atoms with E-state index in [0.29, 0.717) is 18.8 Å². The van der Waals surface area contributed by atoms with E-state index in [1.165, 1.54) is 0 Å². The average molecular weight is 383 g/mol. The fraction of sp³-hybridized carbons (Fsp3) is 0.625. The summed E-state index contributed by atoms with van der Waals surface area (Å²) in [7, 11) is 0. The molecule has 0 aliphatic heterocycles. The van der Waals surface area contributed by atoms with E-state index >= 15 is 0 Å². The summed E-state index contributed by atoms with van der Waals surface area (Å²) in [6.07, 6.45) is 0. The Bertz CT molecular complexity index is 170. The number of carbonyl (C=O) groups is 1. The summed E-state index contributed by atoms with van der Waals surface area (Å²) in [5.74, 6) is -0.370. The topological polar surface area (TPSA) is 44.8 Å². The van der Waals surface area contributed by atoms with Crippen molar-refractivity contribution in [3.63, 3.8) is 0 Å². The Morgan fingerprint density at radius 3 is 2.62 bits per heavy atom. The van der Waals surface area contributed by atoms with Crippen molar-refractivity contribution >= 4 is 30.4 Å². The molecule has 0 aliphatic rings. The van der Waals surface area contributed by atoms with E-state index in [2.05, 4.69) is 6.58 Å². The van der Waals surface area contributed by atoms with Crippen LogP contribution in [0.15, 0.2) is 12.2 Å². The third-order valence-electron chi connectivity index (χ3n) is 0.962. The summed E-state index contributed by atoms with van der Waals surface area (Å²) < 4.78 is 15.0. The van der Waals surface area contributed by atoms with Gasteiger partial charge in [0, 0.05) is 0 Å². The minimum atomic E-state index is -1.09. The predicted octanol–water partition coefficient (Wildman–Crippen LogP) is 0.693. The molecule has 0 rings (SSSR count). The molecular formula is C8H14O4Po. The first-order chi connectivity index (χ1) is 6.18. The van der Waals surface area contributed by atoms with Crippen LogP contribution in [0, 0.1) is 0 Å². The molecule has 0 aromatic heterocycles. The van der Waals surface area contributed by atoms with Gasteiger partial charge in [0.25, 0.3) is 0 Å². The van der Waals surface area contributed by atoms with Crippen LogP contribution in [0.4, 0.5) is 0 Å². The number of rotatable bonds is 7. The molecule has 0 fully saturated rings. The van der Waals surface area contributed by atoms with Crippen LogP contribution in [0.1, 0.15) is 13.8 Å². The fourth-order valence-electron chi connectivity index (χ4n) is 0.408. The third-order valence-corrected chi connectivity index (χ3v) is 3.27. The van der Waals surface area contributed by atoms with E-state index in [4.69, 9.17) is 10.3 Å². The van der Waals surface area contributed by atoms with Gasteiger partial charge in [0.15, 0.2) is 0 Å². The van der Waals surface area contributed by atoms with Crippen LogP contribution < -0.4 is 0 Å². The molecule has 0 N–H and O–H groups in total. The third kappa shape index (κ3) is 8.36. The van der Waals surface area contributed by atoms with Crippen molar-refractivity contribution in [2.75, 3.05) is 19.8 Å². The zero-order valence-electron chi connectivity index (χ0n) is 7.87. The zero-order valence-corrected chi connectivity index (χ0v) is 11.0. The predicted molar refractivity (Wildman–Crippen MR) is 49.1 cm³/mol. The second kappa shape index (κ2) is 8.62. The van der Waals surface area contributed by atoms with Crippen LogP contribution in [0.3, 0.4) is 0 Å². The van der Waals surface area contributed by atoms with Gasteiger partial charge in [-0.2, -0.15) is 0 Å². The van der Waals surface area contributed by atoms with Crippen molar-refractivity contribution in [3.05, 3.63) is 12.2 Å². The molecule has 0 aromatic rings. The van der Waals surface area contributed by atoms with Crippen molar-refractivity contribution in [2.45, 2.75) is 13.8 Å². The fourth-order valence-corrected chi connectivity index (χ4v) is 1.58. The van der Waals surface area contributed by atoms with E-state index in [1.54, 1.807) is 6.92 Å². The molecular weight excluding hydrogens is 369 g/mol. The molecule has 0 spiro atoms. The standard InChI is InChI=1S/C6H9O3.C2H5O.Po/c1-5(2)6(8)9-4-3-7;1-2-3;/h1,3-4H2,2H3;2H2,1H3;/q2*-1;+2. The quantitative estimate of drug-likeness (QED) is 0.369. The number of ether oxygens (including phenoxy) is 1.